The number of nitrogens with one attached hydrogen (secondary N) is 1. The van der Waals surface area contributed by atoms with Crippen molar-refractivity contribution >= 4 is 5.91 Å². The lowest BCUT2D eigenvalue weighted by atomic mass is 9.83. The van der Waals surface area contributed by atoms with Crippen molar-refractivity contribution in [3.05, 3.63) is 30.4 Å². The van der Waals surface area contributed by atoms with E-state index in [4.69, 9.17) is 0 Å². The first-order valence-electron chi connectivity index (χ1n) is 7.06. The van der Waals surface area contributed by atoms with Crippen LogP contribution >= 0.6 is 0 Å². The monoisotopic (exact) mass is 261 g/mol. The average Bonchev–Trinajstić information content (AvgIpc) is 2.86. The summed E-state index contributed by atoms with van der Waals surface area (Å²) in [6.45, 7) is 5.97. The molecule has 1 aliphatic rings. The van der Waals surface area contributed by atoms with Crippen LogP contribution in [0.5, 0.6) is 0 Å². The van der Waals surface area contributed by atoms with Crippen LogP contribution in [0.15, 0.2) is 30.4 Å². The third-order valence-corrected chi connectivity index (χ3v) is 3.60. The Morgan fingerprint density at radius 3 is 3.11 bits per heavy atom. The molecule has 1 aliphatic carbocycles. The Morgan fingerprint density at radius 2 is 2.42 bits per heavy atom. The zero-order valence-corrected chi connectivity index (χ0v) is 11.8. The first kappa shape index (κ1) is 13.8. The van der Waals surface area contributed by atoms with E-state index in [2.05, 4.69) is 30.2 Å². The summed E-state index contributed by atoms with van der Waals surface area (Å²) in [4.78, 5) is 16.1. The van der Waals surface area contributed by atoms with Gasteiger partial charge in [0.15, 0.2) is 0 Å². The summed E-state index contributed by atoms with van der Waals surface area (Å²) in [6.07, 6.45) is 10.7. The van der Waals surface area contributed by atoms with Gasteiger partial charge in [-0.1, -0.05) is 18.6 Å². The summed E-state index contributed by atoms with van der Waals surface area (Å²) in [5, 5.41) is 3.04. The number of hydrogen-bond donors (Lipinski definition) is 1. The predicted octanol–water partition coefficient (Wildman–Crippen LogP) is 2.38. The molecule has 1 heterocycles. The van der Waals surface area contributed by atoms with Crippen molar-refractivity contribution in [1.29, 1.82) is 0 Å². The maximum Gasteiger partial charge on any atom is 0.226 e. The van der Waals surface area contributed by atoms with Gasteiger partial charge in [0, 0.05) is 25.5 Å². The minimum atomic E-state index is 0.0667. The van der Waals surface area contributed by atoms with Crippen LogP contribution in [0.3, 0.4) is 0 Å². The second-order valence-corrected chi connectivity index (χ2v) is 5.61. The highest BCUT2D eigenvalue weighted by Gasteiger charge is 2.22. The van der Waals surface area contributed by atoms with Crippen LogP contribution in [-0.4, -0.2) is 22.0 Å². The molecule has 0 saturated carbocycles. The number of allylic oxidation sites excluding steroid dienone is 1. The summed E-state index contributed by atoms with van der Waals surface area (Å²) >= 11 is 0. The van der Waals surface area contributed by atoms with E-state index < -0.39 is 0 Å². The molecular formula is C15H23N3O. The van der Waals surface area contributed by atoms with Gasteiger partial charge in [-0.05, 0) is 32.1 Å². The molecular weight excluding hydrogens is 238 g/mol. The standard InChI is InChI=1S/C15H23N3O/c1-12-8-13(2)10-14(9-12)15(19)17-4-3-6-18-7-5-16-11-18/h5,7,9,11,13-14H,3-4,6,8,10H2,1-2H3,(H,17,19). The second-order valence-electron chi connectivity index (χ2n) is 5.61. The van der Waals surface area contributed by atoms with Crippen molar-refractivity contribution in [3.8, 4) is 0 Å². The third kappa shape index (κ3) is 4.23. The van der Waals surface area contributed by atoms with Gasteiger partial charge in [-0.25, -0.2) is 4.98 Å². The van der Waals surface area contributed by atoms with E-state index in [-0.39, 0.29) is 11.8 Å². The Labute approximate surface area is 114 Å². The zero-order valence-electron chi connectivity index (χ0n) is 11.8. The minimum absolute atomic E-state index is 0.0667. The van der Waals surface area contributed by atoms with Crippen LogP contribution in [-0.2, 0) is 11.3 Å². The number of aryl methyl sites for hydroxylation is 1. The fraction of sp³-hybridized carbons (Fsp3) is 0.600. The van der Waals surface area contributed by atoms with Crippen molar-refractivity contribution in [2.45, 2.75) is 39.7 Å². The first-order chi connectivity index (χ1) is 9.15. The highest BCUT2D eigenvalue weighted by Crippen LogP contribution is 2.27. The Balaban J connectivity index is 1.71. The van der Waals surface area contributed by atoms with Gasteiger partial charge < -0.3 is 9.88 Å². The molecule has 1 amide bonds. The number of rotatable bonds is 5. The molecule has 19 heavy (non-hydrogen) atoms. The van der Waals surface area contributed by atoms with Gasteiger partial charge in [-0.3, -0.25) is 4.79 Å². The van der Waals surface area contributed by atoms with Crippen molar-refractivity contribution in [3.63, 3.8) is 0 Å². The van der Waals surface area contributed by atoms with Crippen LogP contribution in [0.2, 0.25) is 0 Å². The SMILES string of the molecule is CC1=CC(C(=O)NCCCn2ccnc2)CC(C)C1. The summed E-state index contributed by atoms with van der Waals surface area (Å²) < 4.78 is 2.03. The number of aromatic nitrogens is 2. The van der Waals surface area contributed by atoms with Crippen LogP contribution in [0.1, 0.15) is 33.1 Å². The summed E-state index contributed by atoms with van der Waals surface area (Å²) in [7, 11) is 0. The van der Waals surface area contributed by atoms with E-state index in [0.29, 0.717) is 5.92 Å². The Morgan fingerprint density at radius 1 is 1.58 bits per heavy atom. The molecule has 0 bridgehead atoms. The molecule has 2 atom stereocenters. The van der Waals surface area contributed by atoms with Gasteiger partial charge in [0.2, 0.25) is 5.91 Å². The van der Waals surface area contributed by atoms with Crippen LogP contribution in [0.4, 0.5) is 0 Å². The minimum Gasteiger partial charge on any atom is -0.356 e. The summed E-state index contributed by atoms with van der Waals surface area (Å²) in [6, 6.07) is 0. The molecule has 4 nitrogen and oxygen atoms in total. The third-order valence-electron chi connectivity index (χ3n) is 3.60. The Kier molecular flexibility index (Phi) is 4.77. The quantitative estimate of drug-likeness (QED) is 0.653. The predicted molar refractivity (Wildman–Crippen MR) is 75.5 cm³/mol. The molecule has 104 valence electrons. The molecule has 4 heteroatoms. The van der Waals surface area contributed by atoms with Crippen LogP contribution in [0.25, 0.3) is 0 Å². The lowest BCUT2D eigenvalue weighted by molar-refractivity contribution is -0.124. The largest absolute Gasteiger partial charge is 0.356 e. The van der Waals surface area contributed by atoms with E-state index in [1.807, 2.05) is 10.8 Å². The van der Waals surface area contributed by atoms with Crippen molar-refractivity contribution < 1.29 is 4.79 Å². The lowest BCUT2D eigenvalue weighted by Gasteiger charge is -2.24. The van der Waals surface area contributed by atoms with Crippen LogP contribution < -0.4 is 5.32 Å². The number of imidazole rings is 1. The fourth-order valence-corrected chi connectivity index (χ4v) is 2.75. The normalized spacial score (nSPS) is 22.9. The number of hydrogen-bond acceptors (Lipinski definition) is 2. The van der Waals surface area contributed by atoms with Gasteiger partial charge in [-0.2, -0.15) is 0 Å². The first-order valence-corrected chi connectivity index (χ1v) is 7.06. The van der Waals surface area contributed by atoms with E-state index in [0.717, 1.165) is 32.4 Å². The van der Waals surface area contributed by atoms with Gasteiger partial charge >= 0.3 is 0 Å². The van der Waals surface area contributed by atoms with E-state index in [9.17, 15) is 4.79 Å². The average molecular weight is 261 g/mol. The van der Waals surface area contributed by atoms with Gasteiger partial charge in [0.25, 0.3) is 0 Å². The maximum atomic E-state index is 12.1. The molecule has 0 aliphatic heterocycles. The molecule has 0 spiro atoms. The van der Waals surface area contributed by atoms with Crippen molar-refractivity contribution in [2.75, 3.05) is 6.54 Å². The summed E-state index contributed by atoms with van der Waals surface area (Å²) in [5.74, 6) is 0.861. The number of amides is 1. The molecule has 0 radical (unpaired) electrons. The molecule has 2 unspecified atom stereocenters. The lowest BCUT2D eigenvalue weighted by Crippen LogP contribution is -2.33. The molecule has 1 N–H and O–H groups in total. The van der Waals surface area contributed by atoms with Gasteiger partial charge in [0.1, 0.15) is 0 Å². The zero-order chi connectivity index (χ0) is 13.7. The smallest absolute Gasteiger partial charge is 0.226 e. The highest BCUT2D eigenvalue weighted by molar-refractivity contribution is 5.80. The second kappa shape index (κ2) is 6.55. The number of nitrogens with zero attached hydrogens (tertiary/aromatic N) is 2. The number of carbonyl (C=O) groups is 1. The van der Waals surface area contributed by atoms with Crippen molar-refractivity contribution in [1.82, 2.24) is 14.9 Å². The molecule has 0 fully saturated rings. The van der Waals surface area contributed by atoms with Gasteiger partial charge in [0.05, 0.1) is 12.2 Å². The fourth-order valence-electron chi connectivity index (χ4n) is 2.75. The molecule has 0 aromatic carbocycles. The molecule has 0 saturated heterocycles. The van der Waals surface area contributed by atoms with Gasteiger partial charge in [-0.15, -0.1) is 0 Å². The van der Waals surface area contributed by atoms with E-state index >= 15 is 0 Å². The van der Waals surface area contributed by atoms with Crippen LogP contribution in [0, 0.1) is 11.8 Å². The highest BCUT2D eigenvalue weighted by atomic mass is 16.1. The summed E-state index contributed by atoms with van der Waals surface area (Å²) in [5.41, 5.74) is 1.34. The Hall–Kier alpha value is -1.58. The maximum absolute atomic E-state index is 12.1. The molecule has 1 aromatic rings. The van der Waals surface area contributed by atoms with Crippen molar-refractivity contribution in [2.24, 2.45) is 11.8 Å². The van der Waals surface area contributed by atoms with E-state index in [1.165, 1.54) is 5.57 Å². The van der Waals surface area contributed by atoms with E-state index in [1.54, 1.807) is 12.5 Å². The topological polar surface area (TPSA) is 46.9 Å². The Bertz CT molecular complexity index is 436. The molecule has 1 aromatic heterocycles. The number of carbonyl (C=O) groups excluding carboxylic acids is 1. The molecule has 2 rings (SSSR count).